The number of amides is 1. The van der Waals surface area contributed by atoms with Gasteiger partial charge in [0.05, 0.1) is 6.10 Å². The summed E-state index contributed by atoms with van der Waals surface area (Å²) in [5.74, 6) is 3.83. The third-order valence-corrected chi connectivity index (χ3v) is 16.3. The van der Waals surface area contributed by atoms with E-state index in [4.69, 9.17) is 23.7 Å². The maximum atomic E-state index is 12.3. The lowest BCUT2D eigenvalue weighted by Crippen LogP contribution is -2.65. The smallest absolute Gasteiger partial charge is 0.303 e. The van der Waals surface area contributed by atoms with Crippen LogP contribution in [-0.4, -0.2) is 78.7 Å². The molecule has 5 rings (SSSR count). The number of hydrogen-bond acceptors (Lipinski definition) is 10. The fourth-order valence-corrected chi connectivity index (χ4v) is 13.5. The van der Waals surface area contributed by atoms with Gasteiger partial charge in [0, 0.05) is 34.3 Å². The Morgan fingerprint density at radius 3 is 2.26 bits per heavy atom. The lowest BCUT2D eigenvalue weighted by molar-refractivity contribution is -0.211. The molecule has 4 aliphatic carbocycles. The van der Waals surface area contributed by atoms with Crippen LogP contribution in [0.5, 0.6) is 0 Å². The molecule has 13 atom stereocenters. The van der Waals surface area contributed by atoms with Crippen molar-refractivity contribution < 1.29 is 42.9 Å². The number of rotatable bonds is 19. The van der Waals surface area contributed by atoms with Crippen LogP contribution >= 0.6 is 11.8 Å². The van der Waals surface area contributed by atoms with Crippen LogP contribution in [0.1, 0.15) is 159 Å². The van der Waals surface area contributed by atoms with E-state index in [0.29, 0.717) is 16.9 Å². The first-order valence-corrected chi connectivity index (χ1v) is 23.9. The predicted octanol–water partition coefficient (Wildman–Crippen LogP) is 9.36. The van der Waals surface area contributed by atoms with Crippen LogP contribution in [0.2, 0.25) is 0 Å². The minimum absolute atomic E-state index is 0.188. The maximum absolute atomic E-state index is 12.3. The minimum Gasteiger partial charge on any atom is -0.463 e. The first-order chi connectivity index (χ1) is 27.5. The van der Waals surface area contributed by atoms with Crippen LogP contribution in [0.25, 0.3) is 0 Å². The highest BCUT2D eigenvalue weighted by Gasteiger charge is 2.59. The van der Waals surface area contributed by atoms with Crippen LogP contribution in [0.15, 0.2) is 11.6 Å². The monoisotopic (exact) mass is 832 g/mol. The number of carbonyl (C=O) groups is 4. The van der Waals surface area contributed by atoms with Crippen molar-refractivity contribution in [2.24, 2.45) is 46.3 Å². The van der Waals surface area contributed by atoms with Gasteiger partial charge in [-0.15, -0.1) is 11.8 Å². The highest BCUT2D eigenvalue weighted by Crippen LogP contribution is 2.67. The van der Waals surface area contributed by atoms with Crippen molar-refractivity contribution in [3.8, 4) is 0 Å². The first-order valence-electron chi connectivity index (χ1n) is 22.9. The SMILES string of the molecule is CC(=O)N[C@@H]1[C@@H](OC(C)=O)[C@@H](OC(C)=O)[C@@H](COC(C)=O)O[C@H]1SCCCCCCO[C@H]1CC[C@@]2(C)C(=CCC3C2CC[C@@]2(C)C3CC[C@@H]2[C@H](C)CCCC(C)C)C1. The molecule has 1 saturated heterocycles. The minimum atomic E-state index is -1.07. The number of thioether (sulfide) groups is 1. The molecule has 4 fully saturated rings. The third-order valence-electron chi connectivity index (χ3n) is 15.0. The molecule has 0 spiro atoms. The van der Waals surface area contributed by atoms with Gasteiger partial charge in [-0.3, -0.25) is 19.2 Å². The van der Waals surface area contributed by atoms with Gasteiger partial charge in [-0.1, -0.05) is 78.4 Å². The zero-order valence-corrected chi connectivity index (χ0v) is 38.1. The number of nitrogens with one attached hydrogen (secondary N) is 1. The van der Waals surface area contributed by atoms with Gasteiger partial charge in [0.25, 0.3) is 0 Å². The van der Waals surface area contributed by atoms with E-state index < -0.39 is 47.7 Å². The zero-order chi connectivity index (χ0) is 42.2. The van der Waals surface area contributed by atoms with Crippen molar-refractivity contribution >= 4 is 35.6 Å². The Kier molecular flexibility index (Phi) is 17.1. The van der Waals surface area contributed by atoms with Crippen molar-refractivity contribution in [1.82, 2.24) is 5.32 Å². The highest BCUT2D eigenvalue weighted by atomic mass is 32.2. The second-order valence-electron chi connectivity index (χ2n) is 19.5. The Morgan fingerprint density at radius 2 is 1.57 bits per heavy atom. The molecular weight excluding hydrogens is 755 g/mol. The second-order valence-corrected chi connectivity index (χ2v) is 20.7. The zero-order valence-electron chi connectivity index (χ0n) is 37.3. The second kappa shape index (κ2) is 21.1. The van der Waals surface area contributed by atoms with Crippen LogP contribution in [0.3, 0.4) is 0 Å². The van der Waals surface area contributed by atoms with Gasteiger partial charge in [-0.25, -0.2) is 0 Å². The van der Waals surface area contributed by atoms with E-state index >= 15 is 0 Å². The largest absolute Gasteiger partial charge is 0.463 e. The van der Waals surface area contributed by atoms with Crippen molar-refractivity contribution in [1.29, 1.82) is 0 Å². The molecule has 1 heterocycles. The van der Waals surface area contributed by atoms with Crippen LogP contribution in [0.4, 0.5) is 0 Å². The Balaban J connectivity index is 1.06. The molecule has 3 unspecified atom stereocenters. The quantitative estimate of drug-likeness (QED) is 0.0583. The fourth-order valence-electron chi connectivity index (χ4n) is 12.2. The summed E-state index contributed by atoms with van der Waals surface area (Å²) in [6, 6.07) is -0.772. The van der Waals surface area contributed by atoms with Crippen LogP contribution < -0.4 is 5.32 Å². The lowest BCUT2D eigenvalue weighted by Gasteiger charge is -2.58. The Labute approximate surface area is 354 Å². The van der Waals surface area contributed by atoms with E-state index in [9.17, 15) is 19.2 Å². The average molecular weight is 832 g/mol. The molecule has 5 aliphatic rings. The molecule has 0 aromatic carbocycles. The van der Waals surface area contributed by atoms with Crippen molar-refractivity contribution in [2.75, 3.05) is 19.0 Å². The number of unbranched alkanes of at least 4 members (excludes halogenated alkanes) is 3. The first kappa shape index (κ1) is 46.9. The van der Waals surface area contributed by atoms with Crippen LogP contribution in [-0.2, 0) is 42.9 Å². The summed E-state index contributed by atoms with van der Waals surface area (Å²) in [4.78, 5) is 48.1. The normalized spacial score (nSPS) is 36.1. The molecule has 3 saturated carbocycles. The molecule has 0 bridgehead atoms. The number of fused-ring (bicyclic) bond motifs is 5. The Morgan fingerprint density at radius 1 is 0.845 bits per heavy atom. The van der Waals surface area contributed by atoms with E-state index in [2.05, 4.69) is 46.0 Å². The highest BCUT2D eigenvalue weighted by molar-refractivity contribution is 7.99. The summed E-state index contributed by atoms with van der Waals surface area (Å²) in [5.41, 5.74) is 1.93. The third kappa shape index (κ3) is 11.6. The molecule has 10 nitrogen and oxygen atoms in total. The summed E-state index contributed by atoms with van der Waals surface area (Å²) in [7, 11) is 0. The Bertz CT molecular complexity index is 1440. The van der Waals surface area contributed by atoms with Gasteiger partial charge in [0.1, 0.15) is 24.2 Å². The molecule has 1 amide bonds. The maximum Gasteiger partial charge on any atom is 0.303 e. The topological polar surface area (TPSA) is 126 Å². The van der Waals surface area contributed by atoms with E-state index in [1.807, 2.05) is 0 Å². The summed E-state index contributed by atoms with van der Waals surface area (Å²) in [6.07, 6.45) is 18.7. The molecule has 0 aromatic heterocycles. The Hall–Kier alpha value is -2.11. The number of hydrogen-bond donors (Lipinski definition) is 1. The van der Waals surface area contributed by atoms with E-state index in [1.54, 1.807) is 5.57 Å². The van der Waals surface area contributed by atoms with E-state index in [0.717, 1.165) is 86.4 Å². The predicted molar refractivity (Wildman–Crippen MR) is 228 cm³/mol. The van der Waals surface area contributed by atoms with E-state index in [1.165, 1.54) is 97.2 Å². The summed E-state index contributed by atoms with van der Waals surface area (Å²) in [6.45, 7) is 18.4. The average Bonchev–Trinajstić information content (AvgIpc) is 3.50. The van der Waals surface area contributed by atoms with Gasteiger partial charge in [0.15, 0.2) is 12.2 Å². The fraction of sp³-hybridized carbons (Fsp3) is 0.872. The van der Waals surface area contributed by atoms with Crippen molar-refractivity contribution in [2.45, 2.75) is 195 Å². The van der Waals surface area contributed by atoms with Gasteiger partial charge in [0.2, 0.25) is 5.91 Å². The number of allylic oxidation sites excluding steroid dienone is 1. The number of ether oxygens (including phenoxy) is 5. The van der Waals surface area contributed by atoms with Crippen molar-refractivity contribution in [3.63, 3.8) is 0 Å². The van der Waals surface area contributed by atoms with Gasteiger partial charge in [-0.05, 0) is 116 Å². The van der Waals surface area contributed by atoms with Gasteiger partial charge < -0.3 is 29.0 Å². The van der Waals surface area contributed by atoms with Crippen LogP contribution in [0, 0.1) is 46.3 Å². The van der Waals surface area contributed by atoms with Gasteiger partial charge >= 0.3 is 17.9 Å². The molecule has 0 aromatic rings. The molecule has 330 valence electrons. The summed E-state index contributed by atoms with van der Waals surface area (Å²) in [5, 5.41) is 2.85. The van der Waals surface area contributed by atoms with E-state index in [-0.39, 0.29) is 12.5 Å². The summed E-state index contributed by atoms with van der Waals surface area (Å²) >= 11 is 1.50. The molecule has 1 N–H and O–H groups in total. The standard InChI is InChI=1S/C47H77NO9S/c1-29(2)15-14-16-30(3)38-19-20-39-37-18-17-35-27-36(21-23-46(35,8)40(37)22-24-47(38,39)9)53-25-12-10-11-13-26-58-45-42(48-31(4)49)44(56-34(7)52)43(55-33(6)51)41(57-45)28-54-32(5)50/h17,29-30,36-45H,10-16,18-28H2,1-9H3,(H,48,49)/t30-,36+,37?,38-,39?,40?,41-,42-,43+,44-,45+,46+,47-/m1/s1. The number of esters is 3. The van der Waals surface area contributed by atoms with Crippen molar-refractivity contribution in [3.05, 3.63) is 11.6 Å². The summed E-state index contributed by atoms with van der Waals surface area (Å²) < 4.78 is 29.2. The molecule has 58 heavy (non-hydrogen) atoms. The van der Waals surface area contributed by atoms with Gasteiger partial charge in [-0.2, -0.15) is 0 Å². The molecule has 1 aliphatic heterocycles. The lowest BCUT2D eigenvalue weighted by atomic mass is 9.47. The molecular formula is C47H77NO9S. The molecule has 0 radical (unpaired) electrons. The number of carbonyl (C=O) groups excluding carboxylic acids is 4. The molecule has 11 heteroatoms.